The zero-order valence-electron chi connectivity index (χ0n) is 18.8. The Morgan fingerprint density at radius 1 is 1.07 bits per heavy atom. The fourth-order valence-electron chi connectivity index (χ4n) is 8.45. The van der Waals surface area contributed by atoms with E-state index in [1.54, 1.807) is 0 Å². The second-order valence-corrected chi connectivity index (χ2v) is 11.5. The Morgan fingerprint density at radius 2 is 1.90 bits per heavy atom. The number of quaternary nitrogens is 1. The van der Waals surface area contributed by atoms with Crippen LogP contribution in [0.3, 0.4) is 0 Å². The molecule has 1 heterocycles. The SMILES string of the molecule is Cc1cccc(C[N+]2(C)C(=O)C=C[C@@]3(C)[C@H]2CC[C@H]2[C@@H]4CCC[C@@]4(C)CC[C@@H]23)c1. The molecule has 0 radical (unpaired) electrons. The molecule has 1 aromatic carbocycles. The van der Waals surface area contributed by atoms with Gasteiger partial charge < -0.3 is 0 Å². The summed E-state index contributed by atoms with van der Waals surface area (Å²) < 4.78 is 0.557. The third kappa shape index (κ3) is 2.81. The van der Waals surface area contributed by atoms with Gasteiger partial charge in [-0.05, 0) is 62.2 Å². The van der Waals surface area contributed by atoms with Crippen molar-refractivity contribution in [1.82, 2.24) is 0 Å². The monoisotopic (exact) mass is 392 g/mol. The summed E-state index contributed by atoms with van der Waals surface area (Å²) in [4.78, 5) is 13.3. The maximum Gasteiger partial charge on any atom is 0.338 e. The highest BCUT2D eigenvalue weighted by atomic mass is 16.2. The van der Waals surface area contributed by atoms with Gasteiger partial charge >= 0.3 is 5.91 Å². The minimum atomic E-state index is 0.152. The summed E-state index contributed by atoms with van der Waals surface area (Å²) in [5.41, 5.74) is 3.33. The summed E-state index contributed by atoms with van der Waals surface area (Å²) in [5, 5.41) is 0. The van der Waals surface area contributed by atoms with Gasteiger partial charge in [-0.2, -0.15) is 0 Å². The number of likely N-dealkylation sites (N-methyl/N-ethyl adjacent to an activating group) is 1. The van der Waals surface area contributed by atoms with E-state index in [9.17, 15) is 4.79 Å². The molecule has 4 aliphatic rings. The van der Waals surface area contributed by atoms with Crippen LogP contribution >= 0.6 is 0 Å². The lowest BCUT2D eigenvalue weighted by atomic mass is 9.48. The van der Waals surface area contributed by atoms with E-state index in [4.69, 9.17) is 0 Å². The number of hydrogen-bond donors (Lipinski definition) is 0. The minimum absolute atomic E-state index is 0.152. The van der Waals surface area contributed by atoms with E-state index >= 15 is 0 Å². The molecule has 2 nitrogen and oxygen atoms in total. The van der Waals surface area contributed by atoms with Crippen LogP contribution in [0, 0.1) is 35.5 Å². The van der Waals surface area contributed by atoms with E-state index in [1.165, 1.54) is 56.1 Å². The van der Waals surface area contributed by atoms with E-state index in [-0.39, 0.29) is 5.41 Å². The van der Waals surface area contributed by atoms with Crippen LogP contribution in [-0.2, 0) is 11.3 Å². The lowest BCUT2D eigenvalue weighted by Crippen LogP contribution is -2.67. The Hall–Kier alpha value is -1.41. The number of carbonyl (C=O) groups is 1. The Morgan fingerprint density at radius 3 is 2.69 bits per heavy atom. The first-order valence-electron chi connectivity index (χ1n) is 11.9. The van der Waals surface area contributed by atoms with Crippen LogP contribution in [0.25, 0.3) is 0 Å². The smallest absolute Gasteiger partial charge is 0.252 e. The zero-order chi connectivity index (χ0) is 20.4. The molecule has 0 spiro atoms. The predicted octanol–water partition coefficient (Wildman–Crippen LogP) is 6.04. The lowest BCUT2D eigenvalue weighted by molar-refractivity contribution is -0.882. The topological polar surface area (TPSA) is 17.1 Å². The third-order valence-corrected chi connectivity index (χ3v) is 9.88. The molecule has 1 aliphatic heterocycles. The van der Waals surface area contributed by atoms with Gasteiger partial charge in [0.2, 0.25) is 0 Å². The van der Waals surface area contributed by atoms with Gasteiger partial charge in [0.05, 0.1) is 7.05 Å². The fraction of sp³-hybridized carbons (Fsp3) is 0.667. The first kappa shape index (κ1) is 19.5. The standard InChI is InChI=1S/C27H38NO/c1-19-7-5-8-20(17-19)18-28(4)24-11-10-21-22-9-6-14-26(22,2)15-12-23(21)27(24,3)16-13-25(28)29/h5,7-8,13,16-17,21-24H,6,9-12,14-15,18H2,1-4H3/q+1/t21-,22-,23-,24+,26-,27+,28?/m0/s1. The molecule has 7 atom stereocenters. The normalized spacial score (nSPS) is 46.1. The van der Waals surface area contributed by atoms with Crippen molar-refractivity contribution < 1.29 is 9.28 Å². The summed E-state index contributed by atoms with van der Waals surface area (Å²) in [7, 11) is 2.22. The van der Waals surface area contributed by atoms with Gasteiger partial charge in [-0.3, -0.25) is 4.48 Å². The zero-order valence-corrected chi connectivity index (χ0v) is 18.8. The van der Waals surface area contributed by atoms with Crippen molar-refractivity contribution in [3.05, 3.63) is 47.5 Å². The molecule has 1 amide bonds. The van der Waals surface area contributed by atoms with Crippen LogP contribution in [0.5, 0.6) is 0 Å². The molecule has 3 saturated carbocycles. The third-order valence-electron chi connectivity index (χ3n) is 9.88. The average Bonchev–Trinajstić information content (AvgIpc) is 3.07. The number of benzene rings is 1. The molecule has 0 bridgehead atoms. The summed E-state index contributed by atoms with van der Waals surface area (Å²) in [5.74, 6) is 2.83. The summed E-state index contributed by atoms with van der Waals surface area (Å²) >= 11 is 0. The van der Waals surface area contributed by atoms with Gasteiger partial charge in [-0.15, -0.1) is 0 Å². The summed E-state index contributed by atoms with van der Waals surface area (Å²) in [6.45, 7) is 8.05. The maximum atomic E-state index is 13.3. The van der Waals surface area contributed by atoms with Gasteiger partial charge in [-0.1, -0.05) is 56.2 Å². The second-order valence-electron chi connectivity index (χ2n) is 11.5. The van der Waals surface area contributed by atoms with Gasteiger partial charge in [0.1, 0.15) is 12.6 Å². The number of rotatable bonds is 2. The van der Waals surface area contributed by atoms with Crippen molar-refractivity contribution in [3.8, 4) is 0 Å². The summed E-state index contributed by atoms with van der Waals surface area (Å²) in [6, 6.07) is 9.17. The van der Waals surface area contributed by atoms with Crippen molar-refractivity contribution >= 4 is 5.91 Å². The second kappa shape index (κ2) is 6.54. The van der Waals surface area contributed by atoms with Crippen molar-refractivity contribution in [3.63, 3.8) is 0 Å². The molecule has 1 aromatic rings. The number of carbonyl (C=O) groups excluding carboxylic acids is 1. The maximum absolute atomic E-state index is 13.3. The van der Waals surface area contributed by atoms with Crippen LogP contribution in [0.2, 0.25) is 0 Å². The first-order chi connectivity index (χ1) is 13.8. The van der Waals surface area contributed by atoms with Crippen LogP contribution in [0.1, 0.15) is 69.9 Å². The van der Waals surface area contributed by atoms with E-state index in [0.717, 1.165) is 24.3 Å². The van der Waals surface area contributed by atoms with Crippen molar-refractivity contribution in [2.24, 2.45) is 28.6 Å². The number of aryl methyl sites for hydroxylation is 1. The van der Waals surface area contributed by atoms with Gasteiger partial charge in [0.15, 0.2) is 0 Å². The molecular weight excluding hydrogens is 354 g/mol. The highest BCUT2D eigenvalue weighted by Gasteiger charge is 2.62. The van der Waals surface area contributed by atoms with Crippen LogP contribution in [0.4, 0.5) is 0 Å². The van der Waals surface area contributed by atoms with Crippen LogP contribution in [-0.4, -0.2) is 23.5 Å². The molecule has 0 N–H and O–H groups in total. The molecule has 3 aliphatic carbocycles. The van der Waals surface area contributed by atoms with Crippen molar-refractivity contribution in [2.75, 3.05) is 7.05 Å². The Bertz CT molecular complexity index is 858. The van der Waals surface area contributed by atoms with Crippen molar-refractivity contribution in [2.45, 2.75) is 78.3 Å². The molecule has 1 unspecified atom stereocenters. The van der Waals surface area contributed by atoms with Gasteiger partial charge in [-0.25, -0.2) is 4.79 Å². The van der Waals surface area contributed by atoms with Gasteiger partial charge in [0.25, 0.3) is 0 Å². The van der Waals surface area contributed by atoms with E-state index in [0.29, 0.717) is 21.8 Å². The number of fused-ring (bicyclic) bond motifs is 5. The molecule has 0 saturated heterocycles. The summed E-state index contributed by atoms with van der Waals surface area (Å²) in [6.07, 6.45) is 13.9. The number of amides is 1. The minimum Gasteiger partial charge on any atom is -0.252 e. The predicted molar refractivity (Wildman–Crippen MR) is 118 cm³/mol. The van der Waals surface area contributed by atoms with Crippen LogP contribution in [0.15, 0.2) is 36.4 Å². The molecule has 29 heavy (non-hydrogen) atoms. The highest BCUT2D eigenvalue weighted by molar-refractivity contribution is 5.82. The van der Waals surface area contributed by atoms with E-state index in [2.05, 4.69) is 58.2 Å². The first-order valence-corrected chi connectivity index (χ1v) is 11.9. The Kier molecular flexibility index (Phi) is 4.41. The number of nitrogens with zero attached hydrogens (tertiary/aromatic N) is 1. The lowest BCUT2D eigenvalue weighted by Gasteiger charge is -2.60. The Balaban J connectivity index is 1.50. The van der Waals surface area contributed by atoms with E-state index < -0.39 is 0 Å². The highest BCUT2D eigenvalue weighted by Crippen LogP contribution is 2.64. The molecule has 0 aromatic heterocycles. The largest absolute Gasteiger partial charge is 0.338 e. The average molecular weight is 393 g/mol. The number of hydrogen-bond acceptors (Lipinski definition) is 1. The fourth-order valence-corrected chi connectivity index (χ4v) is 8.45. The van der Waals surface area contributed by atoms with Crippen LogP contribution < -0.4 is 0 Å². The van der Waals surface area contributed by atoms with Gasteiger partial charge in [0, 0.05) is 23.5 Å². The quantitative estimate of drug-likeness (QED) is 0.561. The molecule has 2 heteroatoms. The molecule has 156 valence electrons. The molecular formula is C27H38NO+. The molecule has 3 fully saturated rings. The molecule has 5 rings (SSSR count). The van der Waals surface area contributed by atoms with Crippen molar-refractivity contribution in [1.29, 1.82) is 0 Å². The van der Waals surface area contributed by atoms with E-state index in [1.807, 2.05) is 6.08 Å². The Labute approximate surface area is 177 Å².